The van der Waals surface area contributed by atoms with Crippen molar-refractivity contribution in [3.63, 3.8) is 0 Å². The van der Waals surface area contributed by atoms with Crippen LogP contribution < -0.4 is 4.74 Å². The number of fused-ring (bicyclic) bond motifs is 1. The van der Waals surface area contributed by atoms with Gasteiger partial charge in [-0.25, -0.2) is 0 Å². The first-order valence-corrected chi connectivity index (χ1v) is 11.7. The maximum absolute atomic E-state index is 11.4. The molecule has 0 radical (unpaired) electrons. The first-order chi connectivity index (χ1) is 15.5. The van der Waals surface area contributed by atoms with Crippen molar-refractivity contribution in [3.8, 4) is 16.9 Å². The molecule has 1 N–H and O–H groups in total. The molecule has 3 aromatic carbocycles. The molecule has 1 fully saturated rings. The molecule has 2 unspecified atom stereocenters. The van der Waals surface area contributed by atoms with E-state index >= 15 is 0 Å². The number of carbonyl (C=O) groups is 1. The van der Waals surface area contributed by atoms with Gasteiger partial charge in [-0.1, -0.05) is 48.5 Å². The van der Waals surface area contributed by atoms with E-state index in [0.29, 0.717) is 5.92 Å². The predicted molar refractivity (Wildman–Crippen MR) is 127 cm³/mol. The van der Waals surface area contributed by atoms with Crippen LogP contribution in [0.4, 0.5) is 0 Å². The van der Waals surface area contributed by atoms with E-state index in [1.165, 1.54) is 33.4 Å². The Labute approximate surface area is 190 Å². The van der Waals surface area contributed by atoms with Crippen LogP contribution in [0.25, 0.3) is 11.1 Å². The summed E-state index contributed by atoms with van der Waals surface area (Å²) in [5.74, 6) is 0.880. The Morgan fingerprint density at radius 1 is 1.00 bits per heavy atom. The Hall–Kier alpha value is -3.07. The molecule has 164 valence electrons. The summed E-state index contributed by atoms with van der Waals surface area (Å²) in [6.07, 6.45) is 4.43. The quantitative estimate of drug-likeness (QED) is 0.461. The molecule has 3 nitrogen and oxygen atoms in total. The molecule has 0 spiro atoms. The second-order valence-corrected chi connectivity index (χ2v) is 9.45. The first kappa shape index (κ1) is 20.8. The molecular weight excluding hydrogens is 396 g/mol. The Balaban J connectivity index is 1.39. The molecule has 1 heterocycles. The van der Waals surface area contributed by atoms with Gasteiger partial charge in [-0.05, 0) is 102 Å². The maximum Gasteiger partial charge on any atom is 0.303 e. The lowest BCUT2D eigenvalue weighted by Gasteiger charge is -2.28. The van der Waals surface area contributed by atoms with Gasteiger partial charge in [-0.15, -0.1) is 0 Å². The molecule has 32 heavy (non-hydrogen) atoms. The molecule has 0 bridgehead atoms. The van der Waals surface area contributed by atoms with Crippen molar-refractivity contribution in [1.29, 1.82) is 0 Å². The van der Waals surface area contributed by atoms with E-state index in [1.807, 2.05) is 0 Å². The van der Waals surface area contributed by atoms with Gasteiger partial charge in [-0.3, -0.25) is 4.79 Å². The van der Waals surface area contributed by atoms with E-state index in [9.17, 15) is 9.90 Å². The van der Waals surface area contributed by atoms with Crippen LogP contribution in [0.5, 0.6) is 5.75 Å². The molecule has 0 saturated heterocycles. The Kier molecular flexibility index (Phi) is 5.50. The predicted octanol–water partition coefficient (Wildman–Crippen LogP) is 7.01. The molecule has 0 aromatic heterocycles. The van der Waals surface area contributed by atoms with Gasteiger partial charge < -0.3 is 9.84 Å². The fraction of sp³-hybridized carbons (Fsp3) is 0.345. The number of benzene rings is 3. The van der Waals surface area contributed by atoms with Crippen molar-refractivity contribution in [3.05, 3.63) is 88.5 Å². The zero-order valence-electron chi connectivity index (χ0n) is 18.8. The SMILES string of the molecule is Cc1cccc(C)c1-c1cccc(C2CCc3cc(C(CC(=O)O)C4CC4)ccc3O2)c1. The Morgan fingerprint density at radius 3 is 2.47 bits per heavy atom. The lowest BCUT2D eigenvalue weighted by molar-refractivity contribution is -0.137. The lowest BCUT2D eigenvalue weighted by Crippen LogP contribution is -2.16. The third-order valence-electron chi connectivity index (χ3n) is 7.07. The number of aliphatic carboxylic acids is 1. The van der Waals surface area contributed by atoms with Crippen molar-refractivity contribution in [1.82, 2.24) is 0 Å². The summed E-state index contributed by atoms with van der Waals surface area (Å²) in [6.45, 7) is 4.33. The molecule has 1 aliphatic carbocycles. The van der Waals surface area contributed by atoms with Crippen molar-refractivity contribution in [2.45, 2.75) is 58.0 Å². The minimum atomic E-state index is -0.709. The molecule has 1 saturated carbocycles. The summed E-state index contributed by atoms with van der Waals surface area (Å²) in [7, 11) is 0. The van der Waals surface area contributed by atoms with Gasteiger partial charge in [-0.2, -0.15) is 0 Å². The molecule has 2 atom stereocenters. The number of hydrogen-bond donors (Lipinski definition) is 1. The second-order valence-electron chi connectivity index (χ2n) is 9.45. The maximum atomic E-state index is 11.4. The summed E-state index contributed by atoms with van der Waals surface area (Å²) in [5, 5.41) is 9.34. The second kappa shape index (κ2) is 8.46. The van der Waals surface area contributed by atoms with E-state index in [0.717, 1.165) is 37.0 Å². The molecule has 2 aliphatic rings. The molecular formula is C29H30O3. The highest BCUT2D eigenvalue weighted by molar-refractivity contribution is 5.71. The molecule has 1 aliphatic heterocycles. The van der Waals surface area contributed by atoms with Crippen LogP contribution in [0.1, 0.15) is 65.5 Å². The Morgan fingerprint density at radius 2 is 1.75 bits per heavy atom. The van der Waals surface area contributed by atoms with E-state index in [-0.39, 0.29) is 18.4 Å². The number of hydrogen-bond acceptors (Lipinski definition) is 2. The zero-order valence-corrected chi connectivity index (χ0v) is 18.8. The van der Waals surface area contributed by atoms with Gasteiger partial charge in [0.05, 0.1) is 6.42 Å². The van der Waals surface area contributed by atoms with Crippen LogP contribution in [-0.2, 0) is 11.2 Å². The molecule has 0 amide bonds. The van der Waals surface area contributed by atoms with Crippen LogP contribution in [0.2, 0.25) is 0 Å². The number of ether oxygens (including phenoxy) is 1. The zero-order chi connectivity index (χ0) is 22.2. The normalized spacial score (nSPS) is 18.5. The van der Waals surface area contributed by atoms with Crippen LogP contribution in [0.15, 0.2) is 60.7 Å². The average Bonchev–Trinajstić information content (AvgIpc) is 3.62. The van der Waals surface area contributed by atoms with Crippen molar-refractivity contribution in [2.24, 2.45) is 5.92 Å². The highest BCUT2D eigenvalue weighted by Gasteiger charge is 2.34. The summed E-state index contributed by atoms with van der Waals surface area (Å²) in [4.78, 5) is 11.4. The van der Waals surface area contributed by atoms with Crippen molar-refractivity contribution in [2.75, 3.05) is 0 Å². The van der Waals surface area contributed by atoms with Gasteiger partial charge in [0.1, 0.15) is 11.9 Å². The molecule has 3 aromatic rings. The average molecular weight is 427 g/mol. The summed E-state index contributed by atoms with van der Waals surface area (Å²) in [5.41, 5.74) is 8.70. The van der Waals surface area contributed by atoms with Crippen molar-refractivity contribution < 1.29 is 14.6 Å². The van der Waals surface area contributed by atoms with Crippen LogP contribution in [0, 0.1) is 19.8 Å². The number of rotatable bonds is 6. The van der Waals surface area contributed by atoms with E-state index < -0.39 is 5.97 Å². The highest BCUT2D eigenvalue weighted by Crippen LogP contribution is 2.46. The third-order valence-corrected chi connectivity index (χ3v) is 7.07. The number of carboxylic acid groups (broad SMARTS) is 1. The first-order valence-electron chi connectivity index (χ1n) is 11.7. The van der Waals surface area contributed by atoms with Crippen LogP contribution >= 0.6 is 0 Å². The summed E-state index contributed by atoms with van der Waals surface area (Å²) < 4.78 is 6.44. The standard InChI is InChI=1S/C29H30O3/c1-18-5-3-6-19(2)29(18)24-8-4-7-22(16-24)26-14-12-23-15-21(11-13-27(23)32-26)25(17-28(30)31)20-9-10-20/h3-8,11,13,15-16,20,25-26H,9-10,12,14,17H2,1-2H3,(H,30,31). The third kappa shape index (κ3) is 4.17. The number of aryl methyl sites for hydroxylation is 3. The lowest BCUT2D eigenvalue weighted by atomic mass is 9.87. The summed E-state index contributed by atoms with van der Waals surface area (Å²) >= 11 is 0. The summed E-state index contributed by atoms with van der Waals surface area (Å²) in [6, 6.07) is 21.5. The van der Waals surface area contributed by atoms with Gasteiger partial charge in [0.25, 0.3) is 0 Å². The van der Waals surface area contributed by atoms with Crippen LogP contribution in [-0.4, -0.2) is 11.1 Å². The smallest absolute Gasteiger partial charge is 0.303 e. The Bertz CT molecular complexity index is 1140. The monoisotopic (exact) mass is 426 g/mol. The molecule has 3 heteroatoms. The van der Waals surface area contributed by atoms with Gasteiger partial charge in [0.2, 0.25) is 0 Å². The fourth-order valence-electron chi connectivity index (χ4n) is 5.28. The van der Waals surface area contributed by atoms with Gasteiger partial charge >= 0.3 is 5.97 Å². The fourth-order valence-corrected chi connectivity index (χ4v) is 5.28. The van der Waals surface area contributed by atoms with E-state index in [2.05, 4.69) is 74.5 Å². The van der Waals surface area contributed by atoms with Gasteiger partial charge in [0.15, 0.2) is 0 Å². The van der Waals surface area contributed by atoms with E-state index in [1.54, 1.807) is 0 Å². The highest BCUT2D eigenvalue weighted by atomic mass is 16.5. The molecule has 5 rings (SSSR count). The largest absolute Gasteiger partial charge is 0.485 e. The van der Waals surface area contributed by atoms with Gasteiger partial charge in [0, 0.05) is 0 Å². The van der Waals surface area contributed by atoms with Crippen molar-refractivity contribution >= 4 is 5.97 Å². The minimum Gasteiger partial charge on any atom is -0.485 e. The number of carboxylic acids is 1. The minimum absolute atomic E-state index is 0.0378. The van der Waals surface area contributed by atoms with Crippen LogP contribution in [0.3, 0.4) is 0 Å². The van der Waals surface area contributed by atoms with E-state index in [4.69, 9.17) is 4.74 Å². The topological polar surface area (TPSA) is 46.5 Å².